The molecule has 0 radical (unpaired) electrons. The minimum Gasteiger partial charge on any atom is -0.490 e. The van der Waals surface area contributed by atoms with Gasteiger partial charge in [-0.2, -0.15) is 0 Å². The molecule has 4 rings (SSSR count). The van der Waals surface area contributed by atoms with E-state index in [1.54, 1.807) is 12.1 Å². The Hall–Kier alpha value is -4.30. The lowest BCUT2D eigenvalue weighted by Crippen LogP contribution is -2.38. The molecule has 0 saturated heterocycles. The van der Waals surface area contributed by atoms with Gasteiger partial charge in [-0.15, -0.1) is 0 Å². The summed E-state index contributed by atoms with van der Waals surface area (Å²) in [6.45, 7) is 11.9. The Balaban J connectivity index is 1.66. The van der Waals surface area contributed by atoms with E-state index in [2.05, 4.69) is 25.7 Å². The van der Waals surface area contributed by atoms with Crippen LogP contribution in [0.2, 0.25) is 0 Å². The molecule has 42 heavy (non-hydrogen) atoms. The van der Waals surface area contributed by atoms with E-state index in [1.165, 1.54) is 13.8 Å². The van der Waals surface area contributed by atoms with Gasteiger partial charge in [0.15, 0.2) is 11.5 Å². The van der Waals surface area contributed by atoms with E-state index in [-0.39, 0.29) is 31.4 Å². The Labute approximate surface area is 247 Å². The maximum atomic E-state index is 11.7. The standard InChI is InChI=1S/C34H39NO7/c1-6-31(27-13-18-32-33(19-27)40-22-39-32)34(26-11-16-29(17-12-26)41-23(4)36)25-9-14-28(15-10-25)38-21-30(42-24(5)37)20-35(7-2)8-3/h9-19,30H,6-8,20-22H2,1-5H3. The predicted molar refractivity (Wildman–Crippen MR) is 162 cm³/mol. The second-order valence-corrected chi connectivity index (χ2v) is 9.95. The maximum Gasteiger partial charge on any atom is 0.308 e. The highest BCUT2D eigenvalue weighted by atomic mass is 16.7. The fraction of sp³-hybridized carbons (Fsp3) is 0.353. The molecular formula is C34H39NO7. The molecular weight excluding hydrogens is 534 g/mol. The van der Waals surface area contributed by atoms with Gasteiger partial charge in [0.05, 0.1) is 0 Å². The number of carbonyl (C=O) groups is 2. The highest BCUT2D eigenvalue weighted by Gasteiger charge is 2.19. The zero-order valence-corrected chi connectivity index (χ0v) is 25.0. The molecule has 0 aromatic heterocycles. The van der Waals surface area contributed by atoms with Gasteiger partial charge < -0.3 is 28.6 Å². The van der Waals surface area contributed by atoms with E-state index >= 15 is 0 Å². The van der Waals surface area contributed by atoms with Gasteiger partial charge in [-0.1, -0.05) is 51.1 Å². The monoisotopic (exact) mass is 573 g/mol. The fourth-order valence-electron chi connectivity index (χ4n) is 5.02. The number of rotatable bonds is 13. The van der Waals surface area contributed by atoms with Crippen molar-refractivity contribution >= 4 is 23.1 Å². The van der Waals surface area contributed by atoms with Gasteiger partial charge in [-0.25, -0.2) is 0 Å². The molecule has 222 valence electrons. The number of allylic oxidation sites excluding steroid dienone is 1. The van der Waals surface area contributed by atoms with Crippen LogP contribution < -0.4 is 18.9 Å². The Kier molecular flexibility index (Phi) is 10.6. The van der Waals surface area contributed by atoms with Crippen molar-refractivity contribution in [3.05, 3.63) is 83.4 Å². The van der Waals surface area contributed by atoms with Crippen molar-refractivity contribution < 1.29 is 33.3 Å². The topological polar surface area (TPSA) is 83.5 Å². The average molecular weight is 574 g/mol. The zero-order valence-electron chi connectivity index (χ0n) is 25.0. The lowest BCUT2D eigenvalue weighted by Gasteiger charge is -2.25. The maximum absolute atomic E-state index is 11.7. The fourth-order valence-corrected chi connectivity index (χ4v) is 5.02. The SMILES string of the molecule is CCC(=C(c1ccc(OCC(CN(CC)CC)OC(C)=O)cc1)c1ccc(OC(C)=O)cc1)c1ccc2c(c1)OCO2. The van der Waals surface area contributed by atoms with E-state index in [0.29, 0.717) is 18.0 Å². The zero-order chi connectivity index (χ0) is 30.1. The molecule has 3 aromatic rings. The molecule has 1 atom stereocenters. The Morgan fingerprint density at radius 2 is 1.38 bits per heavy atom. The normalized spacial score (nSPS) is 13.4. The van der Waals surface area contributed by atoms with Gasteiger partial charge in [-0.05, 0) is 83.7 Å². The van der Waals surface area contributed by atoms with Crippen molar-refractivity contribution in [1.82, 2.24) is 4.90 Å². The number of esters is 2. The van der Waals surface area contributed by atoms with Gasteiger partial charge in [0.2, 0.25) is 6.79 Å². The van der Waals surface area contributed by atoms with Gasteiger partial charge in [-0.3, -0.25) is 9.59 Å². The molecule has 1 unspecified atom stereocenters. The number of benzene rings is 3. The van der Waals surface area contributed by atoms with Crippen molar-refractivity contribution in [3.63, 3.8) is 0 Å². The minimum absolute atomic E-state index is 0.211. The van der Waals surface area contributed by atoms with Gasteiger partial charge in [0.1, 0.15) is 24.2 Å². The average Bonchev–Trinajstić information content (AvgIpc) is 3.46. The number of carbonyl (C=O) groups excluding carboxylic acids is 2. The Morgan fingerprint density at radius 1 is 0.786 bits per heavy atom. The molecule has 0 saturated carbocycles. The van der Waals surface area contributed by atoms with Crippen LogP contribution in [0.25, 0.3) is 11.1 Å². The van der Waals surface area contributed by atoms with Crippen LogP contribution in [0, 0.1) is 0 Å². The van der Waals surface area contributed by atoms with E-state index in [1.807, 2.05) is 54.6 Å². The summed E-state index contributed by atoms with van der Waals surface area (Å²) in [6, 6.07) is 21.4. The van der Waals surface area contributed by atoms with Crippen LogP contribution in [-0.4, -0.2) is 56.0 Å². The predicted octanol–water partition coefficient (Wildman–Crippen LogP) is 6.36. The van der Waals surface area contributed by atoms with Gasteiger partial charge >= 0.3 is 11.9 Å². The minimum atomic E-state index is -0.369. The van der Waals surface area contributed by atoms with Crippen LogP contribution in [0.5, 0.6) is 23.0 Å². The Bertz CT molecular complexity index is 1390. The third-order valence-electron chi connectivity index (χ3n) is 7.05. The summed E-state index contributed by atoms with van der Waals surface area (Å²) in [5.41, 5.74) is 5.16. The summed E-state index contributed by atoms with van der Waals surface area (Å²) in [4.78, 5) is 25.3. The lowest BCUT2D eigenvalue weighted by molar-refractivity contribution is -0.148. The van der Waals surface area contributed by atoms with Crippen molar-refractivity contribution in [3.8, 4) is 23.0 Å². The molecule has 1 heterocycles. The number of likely N-dealkylation sites (N-methyl/N-ethyl adjacent to an activating group) is 1. The van der Waals surface area contributed by atoms with Gasteiger partial charge in [0, 0.05) is 20.4 Å². The molecule has 8 nitrogen and oxygen atoms in total. The third-order valence-corrected chi connectivity index (χ3v) is 7.05. The van der Waals surface area contributed by atoms with Crippen LogP contribution in [0.4, 0.5) is 0 Å². The summed E-state index contributed by atoms with van der Waals surface area (Å²) in [7, 11) is 0. The summed E-state index contributed by atoms with van der Waals surface area (Å²) < 4.78 is 28.0. The first-order valence-corrected chi connectivity index (χ1v) is 14.4. The first-order valence-electron chi connectivity index (χ1n) is 14.4. The molecule has 0 spiro atoms. The van der Waals surface area contributed by atoms with Gasteiger partial charge in [0.25, 0.3) is 0 Å². The van der Waals surface area contributed by atoms with Crippen molar-refractivity contribution in [2.24, 2.45) is 0 Å². The second kappa shape index (κ2) is 14.5. The summed E-state index contributed by atoms with van der Waals surface area (Å²) >= 11 is 0. The quantitative estimate of drug-likeness (QED) is 0.133. The number of nitrogens with zero attached hydrogens (tertiary/aromatic N) is 1. The Morgan fingerprint density at radius 3 is 1.95 bits per heavy atom. The molecule has 0 bridgehead atoms. The number of ether oxygens (including phenoxy) is 5. The molecule has 1 aliphatic heterocycles. The van der Waals surface area contributed by atoms with Crippen molar-refractivity contribution in [1.29, 1.82) is 0 Å². The van der Waals surface area contributed by atoms with Crippen LogP contribution >= 0.6 is 0 Å². The molecule has 3 aromatic carbocycles. The number of hydrogen-bond acceptors (Lipinski definition) is 8. The highest BCUT2D eigenvalue weighted by molar-refractivity contribution is 5.99. The van der Waals surface area contributed by atoms with Crippen molar-refractivity contribution in [2.45, 2.75) is 47.1 Å². The van der Waals surface area contributed by atoms with E-state index in [0.717, 1.165) is 58.8 Å². The van der Waals surface area contributed by atoms with E-state index < -0.39 is 0 Å². The van der Waals surface area contributed by atoms with Crippen LogP contribution in [0.1, 0.15) is 57.7 Å². The first-order chi connectivity index (χ1) is 20.3. The smallest absolute Gasteiger partial charge is 0.308 e. The summed E-state index contributed by atoms with van der Waals surface area (Å²) in [5.74, 6) is 1.94. The first kappa shape index (κ1) is 30.7. The summed E-state index contributed by atoms with van der Waals surface area (Å²) in [6.07, 6.45) is 0.389. The molecule has 0 amide bonds. The van der Waals surface area contributed by atoms with Crippen LogP contribution in [0.15, 0.2) is 66.7 Å². The van der Waals surface area contributed by atoms with Crippen LogP contribution in [-0.2, 0) is 14.3 Å². The molecule has 0 N–H and O–H groups in total. The third kappa shape index (κ3) is 7.91. The summed E-state index contributed by atoms with van der Waals surface area (Å²) in [5, 5.41) is 0. The molecule has 0 fully saturated rings. The van der Waals surface area contributed by atoms with Crippen LogP contribution in [0.3, 0.4) is 0 Å². The number of fused-ring (bicyclic) bond motifs is 1. The largest absolute Gasteiger partial charge is 0.490 e. The van der Waals surface area contributed by atoms with E-state index in [4.69, 9.17) is 23.7 Å². The van der Waals surface area contributed by atoms with Crippen molar-refractivity contribution in [2.75, 3.05) is 33.0 Å². The second-order valence-electron chi connectivity index (χ2n) is 9.95. The lowest BCUT2D eigenvalue weighted by atomic mass is 9.88. The highest BCUT2D eigenvalue weighted by Crippen LogP contribution is 2.40. The number of hydrogen-bond donors (Lipinski definition) is 0. The van der Waals surface area contributed by atoms with E-state index in [9.17, 15) is 9.59 Å². The molecule has 0 aliphatic carbocycles. The molecule has 8 heteroatoms. The molecule has 1 aliphatic rings.